The van der Waals surface area contributed by atoms with Gasteiger partial charge in [-0.1, -0.05) is 0 Å². The van der Waals surface area contributed by atoms with Gasteiger partial charge in [-0.15, -0.1) is 0 Å². The summed E-state index contributed by atoms with van der Waals surface area (Å²) in [5.41, 5.74) is 0.117. The molecule has 240 valence electrons. The molecule has 1 unspecified atom stereocenters. The third kappa shape index (κ3) is 7.48. The van der Waals surface area contributed by atoms with Crippen molar-refractivity contribution in [2.24, 2.45) is 17.8 Å². The summed E-state index contributed by atoms with van der Waals surface area (Å²) in [6.45, 7) is 15.8. The lowest BCUT2D eigenvalue weighted by Gasteiger charge is -2.29. The number of hydrogen-bond donors (Lipinski definition) is 1. The monoisotopic (exact) mass is 618 g/mol. The standard InChI is InChI=1S/C33H42N6O6/c1-31(2,3)44-29(40)38(30(41)45-32(4,5)6)18-26-24-16-37(17-25(24)26)27-10-9-20(13-35-27)23-11-22(43-19-33(7,8)42)15-39-28(23)21(12-34)14-36-39/h9-11,13-15,24-26,42H,16-19H2,1-8H3/t24-,25+,26?. The van der Waals surface area contributed by atoms with Crippen LogP contribution in [0.3, 0.4) is 0 Å². The lowest BCUT2D eigenvalue weighted by Crippen LogP contribution is -2.45. The molecule has 1 aliphatic heterocycles. The Morgan fingerprint density at radius 1 is 1.02 bits per heavy atom. The van der Waals surface area contributed by atoms with Crippen molar-refractivity contribution in [1.82, 2.24) is 19.5 Å². The van der Waals surface area contributed by atoms with E-state index in [0.717, 1.165) is 34.9 Å². The van der Waals surface area contributed by atoms with E-state index in [2.05, 4.69) is 16.1 Å². The van der Waals surface area contributed by atoms with Crippen molar-refractivity contribution in [3.05, 3.63) is 42.4 Å². The second-order valence-corrected chi connectivity index (χ2v) is 14.5. The van der Waals surface area contributed by atoms with Crippen LogP contribution in [0.2, 0.25) is 0 Å². The van der Waals surface area contributed by atoms with E-state index in [9.17, 15) is 20.0 Å². The number of hydrogen-bond acceptors (Lipinski definition) is 10. The fourth-order valence-corrected chi connectivity index (χ4v) is 5.65. The van der Waals surface area contributed by atoms with Crippen molar-refractivity contribution in [1.29, 1.82) is 5.26 Å². The number of rotatable bonds is 7. The quantitative estimate of drug-likeness (QED) is 0.372. The second-order valence-electron chi connectivity index (χ2n) is 14.5. The number of aromatic nitrogens is 3. The highest BCUT2D eigenvalue weighted by molar-refractivity contribution is 5.88. The molecule has 0 bridgehead atoms. The molecule has 2 amide bonds. The summed E-state index contributed by atoms with van der Waals surface area (Å²) in [6, 6.07) is 7.94. The molecule has 1 N–H and O–H groups in total. The van der Waals surface area contributed by atoms with Crippen molar-refractivity contribution in [2.75, 3.05) is 31.1 Å². The van der Waals surface area contributed by atoms with Crippen LogP contribution in [-0.4, -0.2) is 79.8 Å². The number of nitrogens with zero attached hydrogens (tertiary/aromatic N) is 6. The summed E-state index contributed by atoms with van der Waals surface area (Å²) in [5, 5.41) is 24.1. The van der Waals surface area contributed by atoms with E-state index in [4.69, 9.17) is 19.2 Å². The van der Waals surface area contributed by atoms with Crippen LogP contribution >= 0.6 is 0 Å². The van der Waals surface area contributed by atoms with Gasteiger partial charge in [0, 0.05) is 37.0 Å². The molecule has 3 atom stereocenters. The molecule has 4 heterocycles. The third-order valence-corrected chi connectivity index (χ3v) is 7.67. The first kappa shape index (κ1) is 32.0. The van der Waals surface area contributed by atoms with Crippen molar-refractivity contribution >= 4 is 23.5 Å². The van der Waals surface area contributed by atoms with Gasteiger partial charge in [0.15, 0.2) is 0 Å². The fourth-order valence-electron chi connectivity index (χ4n) is 5.65. The van der Waals surface area contributed by atoms with Gasteiger partial charge < -0.3 is 24.2 Å². The van der Waals surface area contributed by atoms with Gasteiger partial charge >= 0.3 is 12.2 Å². The third-order valence-electron chi connectivity index (χ3n) is 7.67. The minimum Gasteiger partial charge on any atom is -0.489 e. The number of fused-ring (bicyclic) bond motifs is 2. The van der Waals surface area contributed by atoms with Crippen LogP contribution in [0.1, 0.15) is 61.0 Å². The lowest BCUT2D eigenvalue weighted by molar-refractivity contribution is 0.0000555. The van der Waals surface area contributed by atoms with E-state index in [1.807, 2.05) is 18.2 Å². The summed E-state index contributed by atoms with van der Waals surface area (Å²) < 4.78 is 18.5. The number of ether oxygens (including phenoxy) is 3. The maximum atomic E-state index is 13.0. The summed E-state index contributed by atoms with van der Waals surface area (Å²) in [4.78, 5) is 34.0. The Bertz CT molecular complexity index is 1580. The Morgan fingerprint density at radius 3 is 2.16 bits per heavy atom. The highest BCUT2D eigenvalue weighted by Gasteiger charge is 2.57. The molecule has 45 heavy (non-hydrogen) atoms. The summed E-state index contributed by atoms with van der Waals surface area (Å²) in [5.74, 6) is 2.11. The minimum atomic E-state index is -1.01. The average molecular weight is 619 g/mol. The Labute approximate surface area is 263 Å². The summed E-state index contributed by atoms with van der Waals surface area (Å²) in [7, 11) is 0. The number of pyridine rings is 2. The topological polar surface area (TPSA) is 143 Å². The Hall–Kier alpha value is -4.37. The molecule has 1 saturated heterocycles. The number of nitriles is 1. The van der Waals surface area contributed by atoms with Crippen LogP contribution in [0.15, 0.2) is 36.8 Å². The van der Waals surface area contributed by atoms with Crippen LogP contribution in [-0.2, 0) is 9.47 Å². The molecular formula is C33H42N6O6. The lowest BCUT2D eigenvalue weighted by atomic mass is 10.1. The van der Waals surface area contributed by atoms with Crippen LogP contribution < -0.4 is 9.64 Å². The second kappa shape index (κ2) is 11.5. The number of carbonyl (C=O) groups is 2. The number of aliphatic hydroxyl groups is 1. The number of carbonyl (C=O) groups excluding carboxylic acids is 2. The van der Waals surface area contributed by atoms with Crippen LogP contribution in [0, 0.1) is 29.1 Å². The van der Waals surface area contributed by atoms with E-state index in [1.165, 1.54) is 6.20 Å². The molecule has 2 fully saturated rings. The molecule has 0 aromatic carbocycles. The van der Waals surface area contributed by atoms with Crippen LogP contribution in [0.4, 0.5) is 15.4 Å². The molecule has 3 aromatic rings. The number of anilines is 1. The van der Waals surface area contributed by atoms with Crippen molar-refractivity contribution in [3.8, 4) is 22.9 Å². The Morgan fingerprint density at radius 2 is 1.64 bits per heavy atom. The smallest absolute Gasteiger partial charge is 0.419 e. The number of imide groups is 1. The molecule has 12 heteroatoms. The molecule has 1 aliphatic carbocycles. The maximum Gasteiger partial charge on any atom is 0.419 e. The minimum absolute atomic E-state index is 0.0904. The predicted molar refractivity (Wildman–Crippen MR) is 167 cm³/mol. The molecule has 1 saturated carbocycles. The molecule has 3 aromatic heterocycles. The van der Waals surface area contributed by atoms with Crippen LogP contribution in [0.5, 0.6) is 5.75 Å². The first-order valence-electron chi connectivity index (χ1n) is 15.1. The first-order valence-corrected chi connectivity index (χ1v) is 15.1. The largest absolute Gasteiger partial charge is 0.489 e. The van der Waals surface area contributed by atoms with E-state index >= 15 is 0 Å². The molecule has 12 nitrogen and oxygen atoms in total. The Balaban J connectivity index is 1.28. The van der Waals surface area contributed by atoms with Gasteiger partial charge in [-0.2, -0.15) is 10.4 Å². The summed E-state index contributed by atoms with van der Waals surface area (Å²) in [6.07, 6.45) is 3.58. The van der Waals surface area contributed by atoms with Gasteiger partial charge in [0.2, 0.25) is 0 Å². The van der Waals surface area contributed by atoms with Crippen molar-refractivity contribution < 1.29 is 28.9 Å². The van der Waals surface area contributed by atoms with E-state index in [1.54, 1.807) is 72.3 Å². The van der Waals surface area contributed by atoms with Gasteiger partial charge in [0.25, 0.3) is 0 Å². The fraction of sp³-hybridized carbons (Fsp3) is 0.545. The van der Waals surface area contributed by atoms with Gasteiger partial charge in [0.1, 0.15) is 35.4 Å². The maximum absolute atomic E-state index is 13.0. The predicted octanol–water partition coefficient (Wildman–Crippen LogP) is 5.27. The highest BCUT2D eigenvalue weighted by atomic mass is 16.6. The summed E-state index contributed by atoms with van der Waals surface area (Å²) >= 11 is 0. The van der Waals surface area contributed by atoms with Crippen molar-refractivity contribution in [2.45, 2.75) is 72.2 Å². The zero-order valence-electron chi connectivity index (χ0n) is 27.2. The molecule has 0 radical (unpaired) electrons. The van der Waals surface area contributed by atoms with Gasteiger partial charge in [-0.25, -0.2) is 24.0 Å². The zero-order chi connectivity index (χ0) is 32.9. The van der Waals surface area contributed by atoms with Gasteiger partial charge in [0.05, 0.1) is 29.1 Å². The first-order chi connectivity index (χ1) is 20.9. The zero-order valence-corrected chi connectivity index (χ0v) is 27.2. The molecule has 2 aliphatic rings. The number of piperidine rings is 1. The van der Waals surface area contributed by atoms with Crippen molar-refractivity contribution in [3.63, 3.8) is 0 Å². The highest BCUT2D eigenvalue weighted by Crippen LogP contribution is 2.53. The molecule has 5 rings (SSSR count). The Kier molecular flexibility index (Phi) is 8.21. The van der Waals surface area contributed by atoms with Gasteiger partial charge in [-0.05, 0) is 91.3 Å². The van der Waals surface area contributed by atoms with E-state index in [-0.39, 0.29) is 19.1 Å². The normalized spacial score (nSPS) is 19.6. The SMILES string of the molecule is CC(C)(O)COc1cc(-c2ccc(N3C[C@@H]4C(CN(C(=O)OC(C)(C)C)C(=O)OC(C)(C)C)[C@@H]4C3)nc2)c2c(C#N)cnn2c1. The van der Waals surface area contributed by atoms with E-state index in [0.29, 0.717) is 28.7 Å². The molecular weight excluding hydrogens is 576 g/mol. The van der Waals surface area contributed by atoms with Crippen LogP contribution in [0.25, 0.3) is 16.6 Å². The molecule has 0 spiro atoms. The van der Waals surface area contributed by atoms with Gasteiger partial charge in [-0.3, -0.25) is 0 Å². The number of amides is 2. The average Bonchev–Trinajstić information content (AvgIpc) is 3.24. The van der Waals surface area contributed by atoms with E-state index < -0.39 is 29.0 Å².